The third kappa shape index (κ3) is 4.29. The molecule has 4 heteroatoms. The number of rotatable bonds is 6. The SMILES string of the molecule is CCOC(=O)CCC1CCCC(=O)C1CC=O. The molecule has 0 aromatic heterocycles. The third-order valence-corrected chi connectivity index (χ3v) is 3.36. The van der Waals surface area contributed by atoms with Crippen LogP contribution in [0.5, 0.6) is 0 Å². The Morgan fingerprint density at radius 3 is 2.94 bits per heavy atom. The smallest absolute Gasteiger partial charge is 0.305 e. The molecule has 0 N–H and O–H groups in total. The minimum Gasteiger partial charge on any atom is -0.466 e. The van der Waals surface area contributed by atoms with Crippen molar-refractivity contribution in [3.63, 3.8) is 0 Å². The van der Waals surface area contributed by atoms with Crippen molar-refractivity contribution in [2.75, 3.05) is 6.61 Å². The zero-order chi connectivity index (χ0) is 12.7. The summed E-state index contributed by atoms with van der Waals surface area (Å²) in [6, 6.07) is 0. The van der Waals surface area contributed by atoms with Crippen molar-refractivity contribution in [1.29, 1.82) is 0 Å². The van der Waals surface area contributed by atoms with Gasteiger partial charge in [-0.3, -0.25) is 9.59 Å². The molecule has 0 bridgehead atoms. The van der Waals surface area contributed by atoms with E-state index in [1.54, 1.807) is 6.92 Å². The summed E-state index contributed by atoms with van der Waals surface area (Å²) in [5.74, 6) is -0.0332. The Morgan fingerprint density at radius 1 is 1.53 bits per heavy atom. The lowest BCUT2D eigenvalue weighted by Gasteiger charge is -2.28. The zero-order valence-electron chi connectivity index (χ0n) is 10.3. The fourth-order valence-electron chi connectivity index (χ4n) is 2.50. The molecule has 2 unspecified atom stereocenters. The van der Waals surface area contributed by atoms with Gasteiger partial charge in [-0.15, -0.1) is 0 Å². The molecule has 0 amide bonds. The Hall–Kier alpha value is -1.19. The Morgan fingerprint density at radius 2 is 2.29 bits per heavy atom. The van der Waals surface area contributed by atoms with Crippen molar-refractivity contribution in [3.05, 3.63) is 0 Å². The molecule has 0 aromatic carbocycles. The summed E-state index contributed by atoms with van der Waals surface area (Å²) in [6.45, 7) is 2.16. The predicted octanol–water partition coefficient (Wildman–Crippen LogP) is 1.90. The largest absolute Gasteiger partial charge is 0.466 e. The van der Waals surface area contributed by atoms with Gasteiger partial charge in [-0.2, -0.15) is 0 Å². The maximum Gasteiger partial charge on any atom is 0.305 e. The average Bonchev–Trinajstić information content (AvgIpc) is 2.30. The van der Waals surface area contributed by atoms with Crippen LogP contribution in [-0.4, -0.2) is 24.6 Å². The fraction of sp³-hybridized carbons (Fsp3) is 0.769. The second kappa shape index (κ2) is 7.20. The molecule has 0 aliphatic heterocycles. The van der Waals surface area contributed by atoms with E-state index in [1.165, 1.54) is 0 Å². The number of ketones is 1. The van der Waals surface area contributed by atoms with Gasteiger partial charge in [0.1, 0.15) is 12.1 Å². The van der Waals surface area contributed by atoms with Gasteiger partial charge < -0.3 is 9.53 Å². The predicted molar refractivity (Wildman–Crippen MR) is 62.4 cm³/mol. The highest BCUT2D eigenvalue weighted by Gasteiger charge is 2.31. The summed E-state index contributed by atoms with van der Waals surface area (Å²) in [5.41, 5.74) is 0. The molecule has 96 valence electrons. The van der Waals surface area contributed by atoms with Gasteiger partial charge in [0.05, 0.1) is 6.61 Å². The molecule has 1 aliphatic rings. The first-order valence-electron chi connectivity index (χ1n) is 6.31. The Bertz CT molecular complexity index is 285. The molecular formula is C13H20O4. The number of hydrogen-bond acceptors (Lipinski definition) is 4. The molecular weight excluding hydrogens is 220 g/mol. The van der Waals surface area contributed by atoms with Crippen molar-refractivity contribution in [2.24, 2.45) is 11.8 Å². The van der Waals surface area contributed by atoms with Crippen molar-refractivity contribution < 1.29 is 19.1 Å². The van der Waals surface area contributed by atoms with Gasteiger partial charge >= 0.3 is 5.97 Å². The fourth-order valence-corrected chi connectivity index (χ4v) is 2.50. The first kappa shape index (κ1) is 13.9. The number of aldehydes is 1. The molecule has 0 heterocycles. The summed E-state index contributed by atoms with van der Waals surface area (Å²) in [6.07, 6.45) is 4.50. The second-order valence-corrected chi connectivity index (χ2v) is 4.47. The maximum absolute atomic E-state index is 11.7. The number of carbonyl (C=O) groups is 3. The Labute approximate surface area is 102 Å². The van der Waals surface area contributed by atoms with E-state index >= 15 is 0 Å². The van der Waals surface area contributed by atoms with Crippen molar-refractivity contribution in [3.8, 4) is 0 Å². The van der Waals surface area contributed by atoms with Crippen LogP contribution in [0, 0.1) is 11.8 Å². The zero-order valence-corrected chi connectivity index (χ0v) is 10.3. The molecule has 2 atom stereocenters. The normalized spacial score (nSPS) is 24.4. The third-order valence-electron chi connectivity index (χ3n) is 3.36. The molecule has 0 aromatic rings. The quantitative estimate of drug-likeness (QED) is 0.525. The van der Waals surface area contributed by atoms with Crippen LogP contribution in [0.15, 0.2) is 0 Å². The monoisotopic (exact) mass is 240 g/mol. The highest BCUT2D eigenvalue weighted by atomic mass is 16.5. The van der Waals surface area contributed by atoms with E-state index in [2.05, 4.69) is 0 Å². The molecule has 17 heavy (non-hydrogen) atoms. The van der Waals surface area contributed by atoms with Gasteiger partial charge in [0.25, 0.3) is 0 Å². The summed E-state index contributed by atoms with van der Waals surface area (Å²) in [4.78, 5) is 33.5. The molecule has 1 saturated carbocycles. The highest BCUT2D eigenvalue weighted by Crippen LogP contribution is 2.32. The molecule has 1 rings (SSSR count). The average molecular weight is 240 g/mol. The number of Topliss-reactive ketones (excluding diaryl/α,β-unsaturated/α-hetero) is 1. The van der Waals surface area contributed by atoms with Crippen molar-refractivity contribution in [1.82, 2.24) is 0 Å². The van der Waals surface area contributed by atoms with Gasteiger partial charge in [-0.25, -0.2) is 0 Å². The molecule has 4 nitrogen and oxygen atoms in total. The number of ether oxygens (including phenoxy) is 1. The van der Waals surface area contributed by atoms with Crippen LogP contribution >= 0.6 is 0 Å². The minimum atomic E-state index is -0.213. The van der Waals surface area contributed by atoms with Gasteiger partial charge in [0.2, 0.25) is 0 Å². The van der Waals surface area contributed by atoms with E-state index < -0.39 is 0 Å². The molecule has 1 aliphatic carbocycles. The van der Waals surface area contributed by atoms with E-state index in [9.17, 15) is 14.4 Å². The maximum atomic E-state index is 11.7. The van der Waals surface area contributed by atoms with E-state index in [4.69, 9.17) is 4.74 Å². The number of esters is 1. The van der Waals surface area contributed by atoms with Crippen LogP contribution in [0.25, 0.3) is 0 Å². The van der Waals surface area contributed by atoms with Gasteiger partial charge in [-0.05, 0) is 32.1 Å². The topological polar surface area (TPSA) is 60.4 Å². The summed E-state index contributed by atoms with van der Waals surface area (Å²) in [7, 11) is 0. The van der Waals surface area contributed by atoms with Crippen molar-refractivity contribution in [2.45, 2.75) is 45.4 Å². The van der Waals surface area contributed by atoms with Crippen LogP contribution < -0.4 is 0 Å². The standard InChI is InChI=1S/C13H20O4/c1-2-17-13(16)7-6-10-4-3-5-12(15)11(10)8-9-14/h9-11H,2-8H2,1H3. The number of hydrogen-bond donors (Lipinski definition) is 0. The lowest BCUT2D eigenvalue weighted by Crippen LogP contribution is -2.29. The van der Waals surface area contributed by atoms with Crippen LogP contribution in [-0.2, 0) is 19.1 Å². The van der Waals surface area contributed by atoms with Crippen LogP contribution in [0.3, 0.4) is 0 Å². The van der Waals surface area contributed by atoms with Crippen LogP contribution in [0.4, 0.5) is 0 Å². The van der Waals surface area contributed by atoms with Gasteiger partial charge in [0.15, 0.2) is 0 Å². The lowest BCUT2D eigenvalue weighted by molar-refractivity contribution is -0.144. The van der Waals surface area contributed by atoms with Crippen LogP contribution in [0.2, 0.25) is 0 Å². The molecule has 1 fully saturated rings. The van der Waals surface area contributed by atoms with Crippen molar-refractivity contribution >= 4 is 18.0 Å². The van der Waals surface area contributed by atoms with E-state index in [-0.39, 0.29) is 23.6 Å². The Kier molecular flexibility index (Phi) is 5.87. The highest BCUT2D eigenvalue weighted by molar-refractivity contribution is 5.84. The van der Waals surface area contributed by atoms with E-state index in [1.807, 2.05) is 0 Å². The first-order valence-corrected chi connectivity index (χ1v) is 6.31. The number of carbonyl (C=O) groups excluding carboxylic acids is 3. The minimum absolute atomic E-state index is 0.171. The lowest BCUT2D eigenvalue weighted by atomic mass is 9.75. The van der Waals surface area contributed by atoms with E-state index in [0.29, 0.717) is 32.3 Å². The van der Waals surface area contributed by atoms with Crippen LogP contribution in [0.1, 0.15) is 45.4 Å². The molecule has 0 spiro atoms. The second-order valence-electron chi connectivity index (χ2n) is 4.47. The van der Waals surface area contributed by atoms with Gasteiger partial charge in [-0.1, -0.05) is 0 Å². The van der Waals surface area contributed by atoms with Gasteiger partial charge in [0, 0.05) is 25.2 Å². The van der Waals surface area contributed by atoms with E-state index in [0.717, 1.165) is 19.1 Å². The molecule has 0 saturated heterocycles. The first-order chi connectivity index (χ1) is 8.19. The Balaban J connectivity index is 2.45. The summed E-state index contributed by atoms with van der Waals surface area (Å²) < 4.78 is 4.86. The molecule has 0 radical (unpaired) electrons. The summed E-state index contributed by atoms with van der Waals surface area (Å²) in [5, 5.41) is 0. The summed E-state index contributed by atoms with van der Waals surface area (Å²) >= 11 is 0.